The lowest BCUT2D eigenvalue weighted by atomic mass is 9.79. The Morgan fingerprint density at radius 3 is 2.68 bits per heavy atom. The number of amidine groups is 1. The van der Waals surface area contributed by atoms with Crippen molar-refractivity contribution in [2.45, 2.75) is 62.8 Å². The van der Waals surface area contributed by atoms with Crippen molar-refractivity contribution in [1.82, 2.24) is 5.32 Å². The van der Waals surface area contributed by atoms with Crippen molar-refractivity contribution in [2.75, 3.05) is 13.2 Å². The summed E-state index contributed by atoms with van der Waals surface area (Å²) in [7, 11) is 0. The first-order valence-electron chi connectivity index (χ1n) is 9.33. The van der Waals surface area contributed by atoms with Gasteiger partial charge in [-0.15, -0.1) is 0 Å². The third kappa shape index (κ3) is 5.07. The molecule has 0 radical (unpaired) electrons. The predicted molar refractivity (Wildman–Crippen MR) is 113 cm³/mol. The summed E-state index contributed by atoms with van der Waals surface area (Å²) in [5.41, 5.74) is -0.905. The first-order valence-corrected chi connectivity index (χ1v) is 10.9. The van der Waals surface area contributed by atoms with Gasteiger partial charge in [-0.25, -0.2) is 9.18 Å². The minimum Gasteiger partial charge on any atom is -0.444 e. The molecule has 1 spiro atoms. The molecule has 8 heteroatoms. The van der Waals surface area contributed by atoms with Crippen LogP contribution in [-0.2, 0) is 15.0 Å². The van der Waals surface area contributed by atoms with Crippen LogP contribution in [0.25, 0.3) is 0 Å². The molecule has 1 aromatic rings. The molecule has 0 aliphatic carbocycles. The van der Waals surface area contributed by atoms with Crippen molar-refractivity contribution in [1.29, 1.82) is 0 Å². The van der Waals surface area contributed by atoms with Crippen LogP contribution in [0.2, 0.25) is 0 Å². The van der Waals surface area contributed by atoms with Crippen molar-refractivity contribution in [3.05, 3.63) is 34.1 Å². The second-order valence-electron chi connectivity index (χ2n) is 8.52. The van der Waals surface area contributed by atoms with Crippen LogP contribution in [0.3, 0.4) is 0 Å². The molecule has 1 fully saturated rings. The molecule has 0 aromatic heterocycles. The summed E-state index contributed by atoms with van der Waals surface area (Å²) in [5.74, 6) is -0.305. The van der Waals surface area contributed by atoms with E-state index >= 15 is 0 Å². The molecule has 1 N–H and O–H groups in total. The molecule has 1 unspecified atom stereocenters. The maximum absolute atomic E-state index is 14.7. The molecule has 5 nitrogen and oxygen atoms in total. The summed E-state index contributed by atoms with van der Waals surface area (Å²) in [4.78, 5) is 17.1. The van der Waals surface area contributed by atoms with E-state index in [1.54, 1.807) is 23.9 Å². The Morgan fingerprint density at radius 2 is 2.04 bits per heavy atom. The number of nitrogens with one attached hydrogen (secondary N) is 1. The summed E-state index contributed by atoms with van der Waals surface area (Å²) in [6, 6.07) is 4.89. The Labute approximate surface area is 178 Å². The fraction of sp³-hybridized carbons (Fsp3) is 0.600. The van der Waals surface area contributed by atoms with Gasteiger partial charge in [-0.2, -0.15) is 0 Å². The number of halogens is 2. The van der Waals surface area contributed by atoms with Gasteiger partial charge in [0, 0.05) is 28.0 Å². The largest absolute Gasteiger partial charge is 0.444 e. The number of benzene rings is 1. The average Bonchev–Trinajstić information content (AvgIpc) is 2.55. The highest BCUT2D eigenvalue weighted by Crippen LogP contribution is 2.51. The van der Waals surface area contributed by atoms with Crippen molar-refractivity contribution >= 4 is 39.0 Å². The van der Waals surface area contributed by atoms with Crippen molar-refractivity contribution in [3.8, 4) is 0 Å². The van der Waals surface area contributed by atoms with E-state index in [-0.39, 0.29) is 10.6 Å². The van der Waals surface area contributed by atoms with Gasteiger partial charge in [0.2, 0.25) is 0 Å². The molecule has 28 heavy (non-hydrogen) atoms. The van der Waals surface area contributed by atoms with E-state index in [9.17, 15) is 9.18 Å². The van der Waals surface area contributed by atoms with Gasteiger partial charge >= 0.3 is 6.09 Å². The zero-order valence-corrected chi connectivity index (χ0v) is 19.0. The highest BCUT2D eigenvalue weighted by atomic mass is 79.9. The second kappa shape index (κ2) is 7.95. The number of rotatable bonds is 1. The molecule has 1 saturated heterocycles. The fourth-order valence-corrected chi connectivity index (χ4v) is 5.56. The minimum absolute atomic E-state index is 0.173. The summed E-state index contributed by atoms with van der Waals surface area (Å²) in [6.07, 6.45) is 1.75. The Bertz CT molecular complexity index is 790. The number of hydrogen-bond donors (Lipinski definition) is 1. The maximum atomic E-state index is 14.7. The summed E-state index contributed by atoms with van der Waals surface area (Å²) >= 11 is 4.97. The highest BCUT2D eigenvalue weighted by molar-refractivity contribution is 9.10. The van der Waals surface area contributed by atoms with Crippen LogP contribution < -0.4 is 5.32 Å². The maximum Gasteiger partial charge on any atom is 0.413 e. The molecule has 2 aliphatic rings. The third-order valence-electron chi connectivity index (χ3n) is 4.85. The van der Waals surface area contributed by atoms with Gasteiger partial charge in [0.15, 0.2) is 5.17 Å². The van der Waals surface area contributed by atoms with Gasteiger partial charge in [0.05, 0.1) is 5.54 Å². The Kier molecular flexibility index (Phi) is 6.13. The molecular formula is C20H26BrFN2O3S. The van der Waals surface area contributed by atoms with Crippen LogP contribution in [0.5, 0.6) is 0 Å². The Balaban J connectivity index is 1.97. The van der Waals surface area contributed by atoms with Crippen molar-refractivity contribution in [2.24, 2.45) is 4.99 Å². The van der Waals surface area contributed by atoms with Gasteiger partial charge in [-0.3, -0.25) is 10.3 Å². The van der Waals surface area contributed by atoms with E-state index in [4.69, 9.17) is 14.5 Å². The third-order valence-corrected chi connectivity index (χ3v) is 6.71. The van der Waals surface area contributed by atoms with E-state index < -0.39 is 17.2 Å². The molecule has 1 amide bonds. The number of nitrogens with zero attached hydrogens (tertiary/aromatic N) is 1. The molecule has 2 heterocycles. The first-order chi connectivity index (χ1) is 13.0. The normalized spacial score (nSPS) is 24.6. The van der Waals surface area contributed by atoms with Gasteiger partial charge < -0.3 is 9.47 Å². The standard InChI is InChI=1S/C20H26BrFN2O3S/c1-18(2,3)27-17(25)23-16-24-19(4,14-11-13(21)5-6-15(14)22)12-20(28-16)7-9-26-10-8-20/h5-6,11H,7-10,12H2,1-4H3,(H,23,24,25). The number of carbonyl (C=O) groups excluding carboxylic acids is 1. The lowest BCUT2D eigenvalue weighted by Crippen LogP contribution is -2.48. The first kappa shape index (κ1) is 21.6. The number of ether oxygens (including phenoxy) is 2. The van der Waals surface area contributed by atoms with E-state index in [2.05, 4.69) is 21.2 Å². The molecule has 0 bridgehead atoms. The van der Waals surface area contributed by atoms with Crippen molar-refractivity contribution < 1.29 is 18.7 Å². The monoisotopic (exact) mass is 472 g/mol. The van der Waals surface area contributed by atoms with Crippen molar-refractivity contribution in [3.63, 3.8) is 0 Å². The lowest BCUT2D eigenvalue weighted by molar-refractivity contribution is 0.0562. The lowest BCUT2D eigenvalue weighted by Gasteiger charge is -2.45. The molecule has 1 atom stereocenters. The zero-order valence-electron chi connectivity index (χ0n) is 16.6. The van der Waals surface area contributed by atoms with Gasteiger partial charge in [-0.05, 0) is 65.2 Å². The summed E-state index contributed by atoms with van der Waals surface area (Å²) in [5, 5.41) is 3.25. The van der Waals surface area contributed by atoms with E-state index in [1.165, 1.54) is 6.07 Å². The molecule has 3 rings (SSSR count). The molecular weight excluding hydrogens is 447 g/mol. The van der Waals surface area contributed by atoms with Gasteiger partial charge in [-0.1, -0.05) is 27.7 Å². The molecule has 1 aromatic carbocycles. The van der Waals surface area contributed by atoms with Gasteiger partial charge in [0.1, 0.15) is 11.4 Å². The predicted octanol–water partition coefficient (Wildman–Crippen LogP) is 5.37. The zero-order chi connectivity index (χ0) is 20.6. The number of amides is 1. The minimum atomic E-state index is -0.805. The smallest absolute Gasteiger partial charge is 0.413 e. The molecule has 0 saturated carbocycles. The molecule has 154 valence electrons. The van der Waals surface area contributed by atoms with Gasteiger partial charge in [0.25, 0.3) is 0 Å². The van der Waals surface area contributed by atoms with Crippen LogP contribution >= 0.6 is 27.7 Å². The second-order valence-corrected chi connectivity index (χ2v) is 10.9. The topological polar surface area (TPSA) is 59.9 Å². The summed E-state index contributed by atoms with van der Waals surface area (Å²) < 4.78 is 26.3. The molecule has 2 aliphatic heterocycles. The number of alkyl carbamates (subject to hydrolysis) is 1. The number of thioether (sulfide) groups is 1. The van der Waals surface area contributed by atoms with Crippen LogP contribution in [-0.4, -0.2) is 34.8 Å². The average molecular weight is 473 g/mol. The van der Waals surface area contributed by atoms with Crippen LogP contribution in [0.1, 0.15) is 52.5 Å². The number of aliphatic imine (C=N–C) groups is 1. The Hall–Kier alpha value is -1.12. The number of hydrogen-bond acceptors (Lipinski definition) is 5. The quantitative estimate of drug-likeness (QED) is 0.596. The summed E-state index contributed by atoms with van der Waals surface area (Å²) in [6.45, 7) is 8.63. The van der Waals surface area contributed by atoms with E-state index in [1.807, 2.05) is 27.7 Å². The highest BCUT2D eigenvalue weighted by Gasteiger charge is 2.47. The fourth-order valence-electron chi connectivity index (χ4n) is 3.69. The Morgan fingerprint density at radius 1 is 1.36 bits per heavy atom. The van der Waals surface area contributed by atoms with Crippen LogP contribution in [0.15, 0.2) is 27.7 Å². The van der Waals surface area contributed by atoms with E-state index in [0.717, 1.165) is 17.3 Å². The van der Waals surface area contributed by atoms with Crippen LogP contribution in [0, 0.1) is 5.82 Å². The number of carbonyl (C=O) groups is 1. The SMILES string of the molecule is CC(C)(C)OC(=O)NC1=NC(C)(c2cc(Br)ccc2F)CC2(CCOCC2)S1. The van der Waals surface area contributed by atoms with Crippen LogP contribution in [0.4, 0.5) is 9.18 Å². The van der Waals surface area contributed by atoms with E-state index in [0.29, 0.717) is 30.4 Å².